The van der Waals surface area contributed by atoms with Crippen molar-refractivity contribution in [1.29, 1.82) is 0 Å². The van der Waals surface area contributed by atoms with Crippen LogP contribution >= 0.6 is 11.6 Å². The number of carboxylic acid groups (broad SMARTS) is 1. The van der Waals surface area contributed by atoms with Crippen molar-refractivity contribution in [3.63, 3.8) is 0 Å². The van der Waals surface area contributed by atoms with Crippen LogP contribution in [-0.2, 0) is 0 Å². The van der Waals surface area contributed by atoms with Crippen LogP contribution in [0.4, 0.5) is 5.69 Å². The van der Waals surface area contributed by atoms with Crippen molar-refractivity contribution in [2.75, 3.05) is 5.32 Å². The van der Waals surface area contributed by atoms with Crippen LogP contribution in [0.5, 0.6) is 5.75 Å². The van der Waals surface area contributed by atoms with Crippen LogP contribution in [-0.4, -0.2) is 32.1 Å². The van der Waals surface area contributed by atoms with Crippen LogP contribution in [0.3, 0.4) is 0 Å². The summed E-state index contributed by atoms with van der Waals surface area (Å²) in [7, 11) is 0. The Morgan fingerprint density at radius 3 is 2.74 bits per heavy atom. The maximum absolute atomic E-state index is 11.8. The minimum atomic E-state index is -1.29. The normalized spacial score (nSPS) is 10.2. The van der Waals surface area contributed by atoms with Gasteiger partial charge in [0.15, 0.2) is 11.4 Å². The molecule has 0 unspecified atom stereocenters. The van der Waals surface area contributed by atoms with E-state index in [0.29, 0.717) is 5.69 Å². The van der Waals surface area contributed by atoms with Gasteiger partial charge in [0, 0.05) is 5.69 Å². The lowest BCUT2D eigenvalue weighted by Gasteiger charge is -2.05. The van der Waals surface area contributed by atoms with Gasteiger partial charge in [-0.15, -0.1) is 0 Å². The zero-order valence-electron chi connectivity index (χ0n) is 9.35. The molecule has 1 aromatic heterocycles. The molecule has 1 aromatic carbocycles. The summed E-state index contributed by atoms with van der Waals surface area (Å²) in [6, 6.07) is 4.06. The third kappa shape index (κ3) is 2.66. The van der Waals surface area contributed by atoms with E-state index in [-0.39, 0.29) is 22.2 Å². The fraction of sp³-hybridized carbons (Fsp3) is 0. The number of aromatic amines is 1. The van der Waals surface area contributed by atoms with E-state index in [1.165, 1.54) is 18.2 Å². The van der Waals surface area contributed by atoms with E-state index in [9.17, 15) is 14.7 Å². The zero-order chi connectivity index (χ0) is 14.0. The molecule has 1 amide bonds. The van der Waals surface area contributed by atoms with E-state index < -0.39 is 11.9 Å². The van der Waals surface area contributed by atoms with Crippen LogP contribution in [0, 0.1) is 0 Å². The number of amides is 1. The maximum atomic E-state index is 11.8. The summed E-state index contributed by atoms with van der Waals surface area (Å²) in [5.41, 5.74) is -0.230. The summed E-state index contributed by atoms with van der Waals surface area (Å²) in [6.45, 7) is 0. The number of rotatable bonds is 3. The van der Waals surface area contributed by atoms with Gasteiger partial charge in [0.2, 0.25) is 0 Å². The quantitative estimate of drug-likeness (QED) is 0.639. The third-order valence-electron chi connectivity index (χ3n) is 2.27. The van der Waals surface area contributed by atoms with Gasteiger partial charge in [0.05, 0.1) is 11.3 Å². The number of hydrogen-bond donors (Lipinski definition) is 4. The third-order valence-corrected chi connectivity index (χ3v) is 2.58. The molecule has 0 bridgehead atoms. The van der Waals surface area contributed by atoms with E-state index in [1.807, 2.05) is 0 Å². The fourth-order valence-electron chi connectivity index (χ4n) is 1.40. The highest BCUT2D eigenvalue weighted by Crippen LogP contribution is 2.26. The molecule has 98 valence electrons. The zero-order valence-corrected chi connectivity index (χ0v) is 10.1. The molecule has 0 aliphatic heterocycles. The van der Waals surface area contributed by atoms with Crippen LogP contribution in [0.1, 0.15) is 21.0 Å². The number of nitrogens with zero attached hydrogens (tertiary/aromatic N) is 1. The molecule has 0 radical (unpaired) electrons. The number of aromatic nitrogens is 2. The second-order valence-electron chi connectivity index (χ2n) is 3.55. The Morgan fingerprint density at radius 1 is 1.37 bits per heavy atom. The van der Waals surface area contributed by atoms with Gasteiger partial charge in [0.1, 0.15) is 5.75 Å². The van der Waals surface area contributed by atoms with Crippen LogP contribution < -0.4 is 5.32 Å². The maximum Gasteiger partial charge on any atom is 0.354 e. The van der Waals surface area contributed by atoms with Gasteiger partial charge in [0.25, 0.3) is 5.91 Å². The Morgan fingerprint density at radius 2 is 2.11 bits per heavy atom. The predicted octanol–water partition coefficient (Wildman–Crippen LogP) is 1.72. The van der Waals surface area contributed by atoms with Crippen LogP contribution in [0.25, 0.3) is 0 Å². The Bertz CT molecular complexity index is 653. The van der Waals surface area contributed by atoms with E-state index in [1.54, 1.807) is 0 Å². The molecule has 0 atom stereocenters. The number of anilines is 1. The molecule has 8 heteroatoms. The first-order valence-electron chi connectivity index (χ1n) is 5.05. The number of phenols is 1. The Hall–Kier alpha value is -2.54. The fourth-order valence-corrected chi connectivity index (χ4v) is 1.58. The standard InChI is InChI=1S/C11H8ClN3O4/c12-6-3-5(1-2-7(6)16)15-10(17)8-9(11(18)19)14-4-13-8/h1-4,16H,(H,13,14)(H,15,17)(H,18,19). The Balaban J connectivity index is 2.23. The molecular formula is C11H8ClN3O4. The molecular weight excluding hydrogens is 274 g/mol. The van der Waals surface area contributed by atoms with Crippen molar-refractivity contribution < 1.29 is 19.8 Å². The van der Waals surface area contributed by atoms with Gasteiger partial charge in [-0.05, 0) is 18.2 Å². The highest BCUT2D eigenvalue weighted by molar-refractivity contribution is 6.32. The topological polar surface area (TPSA) is 115 Å². The number of carbonyl (C=O) groups is 2. The minimum absolute atomic E-state index is 0.0679. The lowest BCUT2D eigenvalue weighted by atomic mass is 10.2. The summed E-state index contributed by atoms with van der Waals surface area (Å²) < 4.78 is 0. The predicted molar refractivity (Wildman–Crippen MR) is 66.6 cm³/mol. The number of carboxylic acids is 1. The van der Waals surface area contributed by atoms with Crippen molar-refractivity contribution in [1.82, 2.24) is 9.97 Å². The van der Waals surface area contributed by atoms with Crippen molar-refractivity contribution in [3.8, 4) is 5.75 Å². The van der Waals surface area contributed by atoms with E-state index >= 15 is 0 Å². The molecule has 19 heavy (non-hydrogen) atoms. The molecule has 1 heterocycles. The second kappa shape index (κ2) is 4.99. The SMILES string of the molecule is O=C(Nc1ccc(O)c(Cl)c1)c1nc[nH]c1C(=O)O. The summed E-state index contributed by atoms with van der Waals surface area (Å²) in [5, 5.41) is 20.6. The van der Waals surface area contributed by atoms with Gasteiger partial charge in [-0.1, -0.05) is 11.6 Å². The van der Waals surface area contributed by atoms with E-state index in [2.05, 4.69) is 15.3 Å². The molecule has 0 fully saturated rings. The number of imidazole rings is 1. The molecule has 0 aliphatic rings. The number of carbonyl (C=O) groups excluding carboxylic acids is 1. The number of aromatic carboxylic acids is 1. The Labute approximate surface area is 111 Å². The summed E-state index contributed by atoms with van der Waals surface area (Å²) in [4.78, 5) is 28.7. The van der Waals surface area contributed by atoms with Crippen molar-refractivity contribution in [3.05, 3.63) is 40.9 Å². The first-order chi connectivity index (χ1) is 8.99. The second-order valence-corrected chi connectivity index (χ2v) is 3.96. The van der Waals surface area contributed by atoms with Gasteiger partial charge in [-0.3, -0.25) is 4.79 Å². The number of aromatic hydroxyl groups is 1. The van der Waals surface area contributed by atoms with Crippen molar-refractivity contribution >= 4 is 29.2 Å². The Kier molecular flexibility index (Phi) is 3.39. The minimum Gasteiger partial charge on any atom is -0.506 e. The highest BCUT2D eigenvalue weighted by atomic mass is 35.5. The van der Waals surface area contributed by atoms with Gasteiger partial charge >= 0.3 is 5.97 Å². The van der Waals surface area contributed by atoms with Crippen LogP contribution in [0.2, 0.25) is 5.02 Å². The molecule has 2 aromatic rings. The van der Waals surface area contributed by atoms with Crippen molar-refractivity contribution in [2.24, 2.45) is 0 Å². The number of phenolic OH excluding ortho intramolecular Hbond substituents is 1. The van der Waals surface area contributed by atoms with Gasteiger partial charge in [-0.25, -0.2) is 9.78 Å². The molecule has 0 saturated heterocycles. The molecule has 0 spiro atoms. The van der Waals surface area contributed by atoms with Gasteiger partial charge in [-0.2, -0.15) is 0 Å². The first kappa shape index (κ1) is 12.9. The number of nitrogens with one attached hydrogen (secondary N) is 2. The lowest BCUT2D eigenvalue weighted by molar-refractivity contribution is 0.0686. The number of halogens is 1. The average molecular weight is 282 g/mol. The first-order valence-corrected chi connectivity index (χ1v) is 5.43. The van der Waals surface area contributed by atoms with E-state index in [0.717, 1.165) is 6.33 Å². The number of hydrogen-bond acceptors (Lipinski definition) is 4. The number of H-pyrrole nitrogens is 1. The molecule has 7 nitrogen and oxygen atoms in total. The summed E-state index contributed by atoms with van der Waals surface area (Å²) >= 11 is 5.69. The van der Waals surface area contributed by atoms with Crippen molar-refractivity contribution in [2.45, 2.75) is 0 Å². The lowest BCUT2D eigenvalue weighted by Crippen LogP contribution is -2.16. The summed E-state index contributed by atoms with van der Waals surface area (Å²) in [6.07, 6.45) is 1.11. The molecule has 0 aliphatic carbocycles. The average Bonchev–Trinajstić information content (AvgIpc) is 2.83. The summed E-state index contributed by atoms with van der Waals surface area (Å²) in [5.74, 6) is -2.10. The van der Waals surface area contributed by atoms with Gasteiger partial charge < -0.3 is 20.5 Å². The van der Waals surface area contributed by atoms with Crippen LogP contribution in [0.15, 0.2) is 24.5 Å². The molecule has 4 N–H and O–H groups in total. The monoisotopic (exact) mass is 281 g/mol. The largest absolute Gasteiger partial charge is 0.506 e. The molecule has 0 saturated carbocycles. The highest BCUT2D eigenvalue weighted by Gasteiger charge is 2.19. The number of benzene rings is 1. The van der Waals surface area contributed by atoms with E-state index in [4.69, 9.17) is 16.7 Å². The molecule has 2 rings (SSSR count). The smallest absolute Gasteiger partial charge is 0.354 e.